The number of nitrogens with one attached hydrogen (secondary N) is 2. The van der Waals surface area contributed by atoms with Gasteiger partial charge in [-0.1, -0.05) is 24.3 Å². The summed E-state index contributed by atoms with van der Waals surface area (Å²) in [6.07, 6.45) is -0.866. The van der Waals surface area contributed by atoms with Crippen LogP contribution in [0.1, 0.15) is 5.56 Å². The first-order valence-corrected chi connectivity index (χ1v) is 7.17. The molecule has 24 heavy (non-hydrogen) atoms. The van der Waals surface area contributed by atoms with Crippen molar-refractivity contribution in [1.29, 1.82) is 0 Å². The summed E-state index contributed by atoms with van der Waals surface area (Å²) in [5.74, 6) is 0.531. The van der Waals surface area contributed by atoms with Gasteiger partial charge in [-0.25, -0.2) is 4.98 Å². The van der Waals surface area contributed by atoms with Crippen molar-refractivity contribution in [3.05, 3.63) is 60.4 Å². The molecular formula is C17H11F3N4. The third-order valence-electron chi connectivity index (χ3n) is 3.80. The predicted molar refractivity (Wildman–Crippen MR) is 84.1 cm³/mol. The van der Waals surface area contributed by atoms with Crippen molar-refractivity contribution < 1.29 is 13.2 Å². The van der Waals surface area contributed by atoms with E-state index in [-0.39, 0.29) is 0 Å². The summed E-state index contributed by atoms with van der Waals surface area (Å²) in [7, 11) is 0. The van der Waals surface area contributed by atoms with Gasteiger partial charge >= 0.3 is 6.18 Å². The fourth-order valence-electron chi connectivity index (χ4n) is 2.55. The molecule has 0 fully saturated rings. The number of fused-ring (bicyclic) bond motifs is 1. The first kappa shape index (κ1) is 14.5. The Hall–Kier alpha value is -3.09. The smallest absolute Gasteiger partial charge is 0.338 e. The number of halogens is 3. The SMILES string of the molecule is FC(F)(F)c1ccc2nc(-c3ccc(-c4cn[nH]c4)cc3)[nH]c2c1. The monoisotopic (exact) mass is 328 g/mol. The van der Waals surface area contributed by atoms with Gasteiger partial charge in [-0.15, -0.1) is 0 Å². The fraction of sp³-hybridized carbons (Fsp3) is 0.0588. The normalized spacial score (nSPS) is 12.0. The van der Waals surface area contributed by atoms with Gasteiger partial charge in [-0.2, -0.15) is 18.3 Å². The molecule has 4 nitrogen and oxygen atoms in total. The van der Waals surface area contributed by atoms with Gasteiger partial charge in [0.15, 0.2) is 0 Å². The van der Waals surface area contributed by atoms with E-state index in [9.17, 15) is 13.2 Å². The summed E-state index contributed by atoms with van der Waals surface area (Å²) in [5, 5.41) is 6.65. The zero-order valence-corrected chi connectivity index (χ0v) is 12.2. The summed E-state index contributed by atoms with van der Waals surface area (Å²) >= 11 is 0. The van der Waals surface area contributed by atoms with Crippen molar-refractivity contribution in [1.82, 2.24) is 20.2 Å². The summed E-state index contributed by atoms with van der Waals surface area (Å²) in [6, 6.07) is 11.0. The maximum absolute atomic E-state index is 12.8. The van der Waals surface area contributed by atoms with Gasteiger partial charge in [0.25, 0.3) is 0 Å². The Morgan fingerprint density at radius 3 is 2.29 bits per heavy atom. The molecule has 2 aromatic heterocycles. The van der Waals surface area contributed by atoms with E-state index in [0.717, 1.165) is 28.8 Å². The molecule has 0 amide bonds. The van der Waals surface area contributed by atoms with Crippen LogP contribution in [0, 0.1) is 0 Å². The quantitative estimate of drug-likeness (QED) is 0.563. The number of alkyl halides is 3. The Labute approximate surface area is 134 Å². The van der Waals surface area contributed by atoms with E-state index in [4.69, 9.17) is 0 Å². The minimum Gasteiger partial charge on any atom is -0.338 e. The van der Waals surface area contributed by atoms with E-state index in [1.54, 1.807) is 12.4 Å². The molecule has 0 radical (unpaired) electrons. The van der Waals surface area contributed by atoms with E-state index in [2.05, 4.69) is 20.2 Å². The summed E-state index contributed by atoms with van der Waals surface area (Å²) < 4.78 is 38.3. The number of hydrogen-bond donors (Lipinski definition) is 2. The van der Waals surface area contributed by atoms with Gasteiger partial charge in [0.05, 0.1) is 22.8 Å². The van der Waals surface area contributed by atoms with Gasteiger partial charge in [-0.3, -0.25) is 5.10 Å². The van der Waals surface area contributed by atoms with Crippen LogP contribution in [0.4, 0.5) is 13.2 Å². The molecule has 0 aliphatic rings. The van der Waals surface area contributed by atoms with Crippen molar-refractivity contribution in [2.45, 2.75) is 6.18 Å². The van der Waals surface area contributed by atoms with Crippen LogP contribution in [0.3, 0.4) is 0 Å². The van der Waals surface area contributed by atoms with Crippen LogP contribution in [0.2, 0.25) is 0 Å². The molecule has 0 bridgehead atoms. The minimum atomic E-state index is -4.37. The number of hydrogen-bond acceptors (Lipinski definition) is 2. The lowest BCUT2D eigenvalue weighted by atomic mass is 10.1. The van der Waals surface area contributed by atoms with Crippen molar-refractivity contribution in [3.8, 4) is 22.5 Å². The largest absolute Gasteiger partial charge is 0.416 e. The molecule has 0 aliphatic carbocycles. The molecule has 0 spiro atoms. The van der Waals surface area contributed by atoms with Gasteiger partial charge in [0, 0.05) is 17.3 Å². The molecule has 120 valence electrons. The fourth-order valence-corrected chi connectivity index (χ4v) is 2.55. The molecule has 2 heterocycles. The summed E-state index contributed by atoms with van der Waals surface area (Å²) in [6.45, 7) is 0. The van der Waals surface area contributed by atoms with Crippen molar-refractivity contribution >= 4 is 11.0 Å². The maximum atomic E-state index is 12.8. The summed E-state index contributed by atoms with van der Waals surface area (Å²) in [4.78, 5) is 7.31. The minimum absolute atomic E-state index is 0.360. The molecule has 7 heteroatoms. The average Bonchev–Trinajstić information content (AvgIpc) is 3.23. The standard InChI is InChI=1S/C17H11F3N4/c18-17(19,20)13-5-6-14-15(7-13)24-16(23-14)11-3-1-10(2-4-11)12-8-21-22-9-12/h1-9H,(H,21,22)(H,23,24). The van der Waals surface area contributed by atoms with E-state index < -0.39 is 11.7 Å². The topological polar surface area (TPSA) is 57.4 Å². The van der Waals surface area contributed by atoms with E-state index in [1.807, 2.05) is 24.3 Å². The lowest BCUT2D eigenvalue weighted by molar-refractivity contribution is -0.137. The second-order valence-corrected chi connectivity index (χ2v) is 5.38. The molecular weight excluding hydrogens is 317 g/mol. The Bertz CT molecular complexity index is 983. The molecule has 4 aromatic rings. The molecule has 0 unspecified atom stereocenters. The third kappa shape index (κ3) is 2.54. The molecule has 4 rings (SSSR count). The molecule has 0 aliphatic heterocycles. The second-order valence-electron chi connectivity index (χ2n) is 5.38. The van der Waals surface area contributed by atoms with E-state index in [0.29, 0.717) is 16.9 Å². The number of H-pyrrole nitrogens is 2. The zero-order chi connectivity index (χ0) is 16.7. The molecule has 2 N–H and O–H groups in total. The van der Waals surface area contributed by atoms with Crippen LogP contribution in [0.5, 0.6) is 0 Å². The number of benzene rings is 2. The highest BCUT2D eigenvalue weighted by molar-refractivity contribution is 5.80. The number of rotatable bonds is 2. The van der Waals surface area contributed by atoms with Gasteiger partial charge in [0.1, 0.15) is 5.82 Å². The lowest BCUT2D eigenvalue weighted by Crippen LogP contribution is -2.04. The van der Waals surface area contributed by atoms with Crippen LogP contribution in [0.15, 0.2) is 54.9 Å². The van der Waals surface area contributed by atoms with Crippen molar-refractivity contribution in [2.75, 3.05) is 0 Å². The van der Waals surface area contributed by atoms with Crippen LogP contribution >= 0.6 is 0 Å². The Kier molecular flexibility index (Phi) is 3.16. The Morgan fingerprint density at radius 2 is 1.62 bits per heavy atom. The van der Waals surface area contributed by atoms with Crippen molar-refractivity contribution in [3.63, 3.8) is 0 Å². The highest BCUT2D eigenvalue weighted by Crippen LogP contribution is 2.32. The number of nitrogens with zero attached hydrogens (tertiary/aromatic N) is 2. The van der Waals surface area contributed by atoms with Crippen LogP contribution in [-0.4, -0.2) is 20.2 Å². The van der Waals surface area contributed by atoms with Crippen molar-refractivity contribution in [2.24, 2.45) is 0 Å². The first-order valence-electron chi connectivity index (χ1n) is 7.17. The van der Waals surface area contributed by atoms with Crippen LogP contribution in [-0.2, 0) is 6.18 Å². The molecule has 0 saturated heterocycles. The highest BCUT2D eigenvalue weighted by Gasteiger charge is 2.30. The van der Waals surface area contributed by atoms with Crippen LogP contribution in [0.25, 0.3) is 33.5 Å². The maximum Gasteiger partial charge on any atom is 0.416 e. The Morgan fingerprint density at radius 1 is 0.875 bits per heavy atom. The molecule has 0 atom stereocenters. The first-order chi connectivity index (χ1) is 11.5. The second kappa shape index (κ2) is 5.23. The predicted octanol–water partition coefficient (Wildman–Crippen LogP) is 4.64. The molecule has 2 aromatic carbocycles. The van der Waals surface area contributed by atoms with Gasteiger partial charge in [-0.05, 0) is 23.8 Å². The summed E-state index contributed by atoms with van der Waals surface area (Å²) in [5.41, 5.74) is 2.91. The third-order valence-corrected chi connectivity index (χ3v) is 3.80. The number of aromatic amines is 2. The number of imidazole rings is 1. The number of aromatic nitrogens is 4. The Balaban J connectivity index is 1.71. The van der Waals surface area contributed by atoms with E-state index in [1.165, 1.54) is 6.07 Å². The van der Waals surface area contributed by atoms with Gasteiger partial charge in [0.2, 0.25) is 0 Å². The lowest BCUT2D eigenvalue weighted by Gasteiger charge is -2.05. The highest BCUT2D eigenvalue weighted by atomic mass is 19.4. The van der Waals surface area contributed by atoms with E-state index >= 15 is 0 Å². The zero-order valence-electron chi connectivity index (χ0n) is 12.2. The van der Waals surface area contributed by atoms with Crippen LogP contribution < -0.4 is 0 Å². The molecule has 0 saturated carbocycles. The average molecular weight is 328 g/mol. The van der Waals surface area contributed by atoms with Gasteiger partial charge < -0.3 is 4.98 Å².